The van der Waals surface area contributed by atoms with E-state index in [9.17, 15) is 0 Å². The lowest BCUT2D eigenvalue weighted by Gasteiger charge is -2.41. The third kappa shape index (κ3) is 2.12. The van der Waals surface area contributed by atoms with Gasteiger partial charge in [0.25, 0.3) is 0 Å². The van der Waals surface area contributed by atoms with Crippen LogP contribution in [0.25, 0.3) is 0 Å². The second-order valence-corrected chi connectivity index (χ2v) is 4.15. The third-order valence-corrected chi connectivity index (χ3v) is 3.18. The lowest BCUT2D eigenvalue weighted by molar-refractivity contribution is 0.262. The second kappa shape index (κ2) is 4.18. The molecule has 5 heteroatoms. The van der Waals surface area contributed by atoms with E-state index in [1.54, 1.807) is 0 Å². The first kappa shape index (κ1) is 10.4. The Kier molecular flexibility index (Phi) is 2.90. The van der Waals surface area contributed by atoms with Crippen molar-refractivity contribution >= 4 is 6.01 Å². The third-order valence-electron chi connectivity index (χ3n) is 3.18. The summed E-state index contributed by atoms with van der Waals surface area (Å²) in [5.74, 6) is 0.616. The maximum atomic E-state index is 5.44. The van der Waals surface area contributed by atoms with E-state index in [4.69, 9.17) is 10.2 Å². The van der Waals surface area contributed by atoms with Crippen molar-refractivity contribution in [3.05, 3.63) is 5.89 Å². The van der Waals surface area contributed by atoms with Crippen LogP contribution in [0.2, 0.25) is 0 Å². The Bertz CT molecular complexity index is 313. The summed E-state index contributed by atoms with van der Waals surface area (Å²) in [6, 6.07) is 0.542. The lowest BCUT2D eigenvalue weighted by atomic mass is 9.75. The fourth-order valence-corrected chi connectivity index (χ4v) is 1.93. The Morgan fingerprint density at radius 2 is 2.27 bits per heavy atom. The van der Waals surface area contributed by atoms with Crippen LogP contribution in [0.15, 0.2) is 4.42 Å². The van der Waals surface area contributed by atoms with Crippen molar-refractivity contribution in [3.63, 3.8) is 0 Å². The Balaban J connectivity index is 1.97. The van der Waals surface area contributed by atoms with E-state index in [0.29, 0.717) is 24.9 Å². The number of nitrogens with zero attached hydrogens (tertiary/aromatic N) is 2. The molecule has 0 radical (unpaired) electrons. The first-order valence-corrected chi connectivity index (χ1v) is 5.59. The van der Waals surface area contributed by atoms with Crippen molar-refractivity contribution in [2.75, 3.05) is 11.9 Å². The Labute approximate surface area is 89.4 Å². The molecule has 0 bridgehead atoms. The maximum Gasteiger partial charge on any atom is 0.315 e. The Morgan fingerprint density at radius 3 is 2.80 bits per heavy atom. The van der Waals surface area contributed by atoms with E-state index in [1.165, 1.54) is 19.3 Å². The van der Waals surface area contributed by atoms with Gasteiger partial charge >= 0.3 is 6.01 Å². The lowest BCUT2D eigenvalue weighted by Crippen LogP contribution is -2.44. The van der Waals surface area contributed by atoms with E-state index in [1.807, 2.05) is 0 Å². The molecule has 1 fully saturated rings. The molecule has 1 aliphatic rings. The molecule has 1 aromatic heterocycles. The summed E-state index contributed by atoms with van der Waals surface area (Å²) in [6.45, 7) is 2.73. The molecule has 3 N–H and O–H groups in total. The van der Waals surface area contributed by atoms with Crippen LogP contribution in [-0.2, 0) is 6.42 Å². The number of aromatic nitrogens is 2. The van der Waals surface area contributed by atoms with Gasteiger partial charge in [0.05, 0.1) is 0 Å². The zero-order chi connectivity index (χ0) is 10.7. The van der Waals surface area contributed by atoms with Crippen molar-refractivity contribution in [2.45, 2.75) is 44.6 Å². The molecule has 5 nitrogen and oxygen atoms in total. The number of rotatable bonds is 5. The summed E-state index contributed by atoms with van der Waals surface area (Å²) in [5, 5.41) is 11.2. The van der Waals surface area contributed by atoms with Gasteiger partial charge in [0.15, 0.2) is 0 Å². The van der Waals surface area contributed by atoms with Gasteiger partial charge in [-0.05, 0) is 25.7 Å². The molecule has 0 saturated heterocycles. The van der Waals surface area contributed by atoms with Gasteiger partial charge in [0, 0.05) is 18.5 Å². The maximum absolute atomic E-state index is 5.44. The number of anilines is 1. The van der Waals surface area contributed by atoms with Crippen LogP contribution in [0.4, 0.5) is 6.01 Å². The molecule has 15 heavy (non-hydrogen) atoms. The predicted molar refractivity (Wildman–Crippen MR) is 57.6 cm³/mol. The van der Waals surface area contributed by atoms with Gasteiger partial charge in [-0.15, -0.1) is 5.10 Å². The van der Waals surface area contributed by atoms with Crippen LogP contribution in [0.3, 0.4) is 0 Å². The second-order valence-electron chi connectivity index (χ2n) is 4.15. The fourth-order valence-electron chi connectivity index (χ4n) is 1.93. The largest absolute Gasteiger partial charge is 0.408 e. The predicted octanol–water partition coefficient (Wildman–Crippen LogP) is 1.32. The van der Waals surface area contributed by atoms with E-state index in [2.05, 4.69) is 22.4 Å². The average molecular weight is 210 g/mol. The molecule has 84 valence electrons. The van der Waals surface area contributed by atoms with Crippen LogP contribution in [0, 0.1) is 0 Å². The molecule has 0 spiro atoms. The molecule has 0 aromatic carbocycles. The van der Waals surface area contributed by atoms with Crippen molar-refractivity contribution < 1.29 is 4.42 Å². The van der Waals surface area contributed by atoms with Crippen LogP contribution in [0.5, 0.6) is 0 Å². The normalized spacial score (nSPS) is 18.5. The first-order chi connectivity index (χ1) is 7.28. The number of hydrogen-bond donors (Lipinski definition) is 2. The van der Waals surface area contributed by atoms with Crippen LogP contribution in [0.1, 0.15) is 38.5 Å². The molecule has 1 aliphatic carbocycles. The Hall–Kier alpha value is -1.10. The van der Waals surface area contributed by atoms with Gasteiger partial charge in [0.2, 0.25) is 5.89 Å². The highest BCUT2D eigenvalue weighted by atomic mass is 16.4. The molecular weight excluding hydrogens is 192 g/mol. The van der Waals surface area contributed by atoms with E-state index >= 15 is 0 Å². The molecule has 0 atom stereocenters. The fraction of sp³-hybridized carbons (Fsp3) is 0.800. The quantitative estimate of drug-likeness (QED) is 0.766. The van der Waals surface area contributed by atoms with Crippen molar-refractivity contribution in [1.82, 2.24) is 10.2 Å². The highest BCUT2D eigenvalue weighted by Crippen LogP contribution is 2.37. The van der Waals surface area contributed by atoms with Crippen LogP contribution in [-0.4, -0.2) is 22.3 Å². The smallest absolute Gasteiger partial charge is 0.315 e. The number of nitrogens with two attached hydrogens (primary N) is 1. The molecule has 0 amide bonds. The minimum absolute atomic E-state index is 0.201. The highest BCUT2D eigenvalue weighted by Gasteiger charge is 2.36. The van der Waals surface area contributed by atoms with Crippen molar-refractivity contribution in [1.29, 1.82) is 0 Å². The van der Waals surface area contributed by atoms with Gasteiger partial charge in [0.1, 0.15) is 0 Å². The summed E-state index contributed by atoms with van der Waals surface area (Å²) in [7, 11) is 0. The number of nitrogens with one attached hydrogen (secondary N) is 1. The molecule has 0 unspecified atom stereocenters. The summed E-state index contributed by atoms with van der Waals surface area (Å²) in [5.41, 5.74) is 5.61. The van der Waals surface area contributed by atoms with Crippen molar-refractivity contribution in [2.24, 2.45) is 5.73 Å². The summed E-state index contributed by atoms with van der Waals surface area (Å²) in [4.78, 5) is 0. The topological polar surface area (TPSA) is 77.0 Å². The SMILES string of the molecule is CCC1(Nc2nnc(CCN)o2)CCC1. The highest BCUT2D eigenvalue weighted by molar-refractivity contribution is 5.26. The molecular formula is C10H18N4O. The van der Waals surface area contributed by atoms with Crippen molar-refractivity contribution in [3.8, 4) is 0 Å². The number of hydrogen-bond acceptors (Lipinski definition) is 5. The van der Waals surface area contributed by atoms with E-state index in [0.717, 1.165) is 6.42 Å². The molecule has 1 aromatic rings. The standard InChI is InChI=1S/C10H18N4O/c1-2-10(5-3-6-10)12-9-14-13-8(15-9)4-7-11/h2-7,11H2,1H3,(H,12,14). The molecule has 1 heterocycles. The van der Waals surface area contributed by atoms with Gasteiger partial charge in [-0.25, -0.2) is 0 Å². The summed E-state index contributed by atoms with van der Waals surface area (Å²) >= 11 is 0. The van der Waals surface area contributed by atoms with Gasteiger partial charge in [-0.1, -0.05) is 12.0 Å². The van der Waals surface area contributed by atoms with Gasteiger partial charge in [-0.3, -0.25) is 0 Å². The first-order valence-electron chi connectivity index (χ1n) is 5.59. The van der Waals surface area contributed by atoms with Gasteiger partial charge < -0.3 is 15.5 Å². The summed E-state index contributed by atoms with van der Waals surface area (Å²) in [6.07, 6.45) is 5.41. The van der Waals surface area contributed by atoms with Gasteiger partial charge in [-0.2, -0.15) is 0 Å². The van der Waals surface area contributed by atoms with Crippen LogP contribution < -0.4 is 11.1 Å². The molecule has 1 saturated carbocycles. The summed E-state index contributed by atoms with van der Waals surface area (Å²) < 4.78 is 5.44. The zero-order valence-corrected chi connectivity index (χ0v) is 9.12. The monoisotopic (exact) mass is 210 g/mol. The molecule has 2 rings (SSSR count). The zero-order valence-electron chi connectivity index (χ0n) is 9.12. The average Bonchev–Trinajstić information content (AvgIpc) is 2.60. The molecule has 0 aliphatic heterocycles. The minimum Gasteiger partial charge on any atom is -0.408 e. The van der Waals surface area contributed by atoms with Crippen LogP contribution >= 0.6 is 0 Å². The van der Waals surface area contributed by atoms with E-state index in [-0.39, 0.29) is 5.54 Å². The minimum atomic E-state index is 0.201. The van der Waals surface area contributed by atoms with E-state index < -0.39 is 0 Å². The Morgan fingerprint density at radius 1 is 1.47 bits per heavy atom.